The molecule has 1 aromatic heterocycles. The third-order valence-corrected chi connectivity index (χ3v) is 5.54. The van der Waals surface area contributed by atoms with Gasteiger partial charge in [-0.2, -0.15) is 4.68 Å². The fourth-order valence-electron chi connectivity index (χ4n) is 2.57. The number of esters is 1. The first kappa shape index (κ1) is 19.0. The van der Waals surface area contributed by atoms with E-state index >= 15 is 0 Å². The number of tetrazole rings is 1. The van der Waals surface area contributed by atoms with Crippen LogP contribution in [0.2, 0.25) is 0 Å². The van der Waals surface area contributed by atoms with Crippen LogP contribution >= 0.6 is 0 Å². The zero-order valence-electron chi connectivity index (χ0n) is 14.5. The first-order valence-electron chi connectivity index (χ1n) is 7.99. The van der Waals surface area contributed by atoms with Gasteiger partial charge in [-0.1, -0.05) is 37.1 Å². The standard InChI is InChI=1S/C16H22N4O4S/c1-12(11-13(2)15(21)24-3)9-10-25(22,23)16-17-18-19-20(16)14-7-5-4-6-8-14/h4-8,12-13H,9-11H2,1-3H3/t12-,13-/m1/s1. The van der Waals surface area contributed by atoms with Crippen LogP contribution in [0.25, 0.3) is 5.69 Å². The number of ether oxygens (including phenoxy) is 1. The molecule has 0 spiro atoms. The van der Waals surface area contributed by atoms with Gasteiger partial charge in [0.1, 0.15) is 0 Å². The van der Waals surface area contributed by atoms with Gasteiger partial charge in [0.2, 0.25) is 9.84 Å². The maximum Gasteiger partial charge on any atom is 0.308 e. The minimum absolute atomic E-state index is 0.0462. The lowest BCUT2D eigenvalue weighted by Gasteiger charge is -2.15. The van der Waals surface area contributed by atoms with Crippen molar-refractivity contribution in [3.05, 3.63) is 30.3 Å². The number of carbonyl (C=O) groups excluding carboxylic acids is 1. The molecule has 0 saturated carbocycles. The average molecular weight is 366 g/mol. The van der Waals surface area contributed by atoms with Gasteiger partial charge < -0.3 is 4.74 Å². The highest BCUT2D eigenvalue weighted by atomic mass is 32.2. The van der Waals surface area contributed by atoms with Crippen LogP contribution in [-0.4, -0.2) is 47.5 Å². The molecule has 2 atom stereocenters. The Hall–Kier alpha value is -2.29. The third kappa shape index (κ3) is 4.85. The van der Waals surface area contributed by atoms with Gasteiger partial charge >= 0.3 is 5.97 Å². The van der Waals surface area contributed by atoms with Gasteiger partial charge in [0.05, 0.1) is 24.5 Å². The molecule has 0 saturated heterocycles. The third-order valence-electron chi connectivity index (χ3n) is 3.96. The smallest absolute Gasteiger partial charge is 0.308 e. The second-order valence-electron chi connectivity index (χ2n) is 6.08. The van der Waals surface area contributed by atoms with Crippen molar-refractivity contribution in [2.45, 2.75) is 31.8 Å². The molecule has 0 amide bonds. The summed E-state index contributed by atoms with van der Waals surface area (Å²) in [7, 11) is -2.30. The van der Waals surface area contributed by atoms with E-state index in [2.05, 4.69) is 15.5 Å². The Kier molecular flexibility index (Phi) is 6.24. The highest BCUT2D eigenvalue weighted by Gasteiger charge is 2.25. The monoisotopic (exact) mass is 366 g/mol. The van der Waals surface area contributed by atoms with Gasteiger partial charge in [0, 0.05) is 0 Å². The van der Waals surface area contributed by atoms with Gasteiger partial charge in [-0.15, -0.1) is 0 Å². The second-order valence-corrected chi connectivity index (χ2v) is 8.08. The topological polar surface area (TPSA) is 104 Å². The lowest BCUT2D eigenvalue weighted by molar-refractivity contribution is -0.145. The molecule has 0 fully saturated rings. The molecule has 0 aliphatic heterocycles. The highest BCUT2D eigenvalue weighted by Crippen LogP contribution is 2.20. The first-order chi connectivity index (χ1) is 11.8. The summed E-state index contributed by atoms with van der Waals surface area (Å²) in [5.74, 6) is -0.597. The lowest BCUT2D eigenvalue weighted by atomic mass is 9.95. The van der Waals surface area contributed by atoms with E-state index in [1.54, 1.807) is 31.2 Å². The summed E-state index contributed by atoms with van der Waals surface area (Å²) < 4.78 is 31.1. The highest BCUT2D eigenvalue weighted by molar-refractivity contribution is 7.91. The van der Waals surface area contributed by atoms with Crippen molar-refractivity contribution in [3.63, 3.8) is 0 Å². The number of carbonyl (C=O) groups is 1. The van der Waals surface area contributed by atoms with Crippen molar-refractivity contribution in [2.24, 2.45) is 11.8 Å². The van der Waals surface area contributed by atoms with Gasteiger partial charge in [-0.3, -0.25) is 4.79 Å². The minimum atomic E-state index is -3.64. The average Bonchev–Trinajstić information content (AvgIpc) is 3.11. The van der Waals surface area contributed by atoms with Crippen LogP contribution in [0.15, 0.2) is 35.5 Å². The van der Waals surface area contributed by atoms with Crippen LogP contribution in [0.4, 0.5) is 0 Å². The van der Waals surface area contributed by atoms with E-state index in [1.807, 2.05) is 13.0 Å². The molecule has 1 heterocycles. The van der Waals surface area contributed by atoms with Crippen LogP contribution < -0.4 is 0 Å². The van der Waals surface area contributed by atoms with E-state index in [9.17, 15) is 13.2 Å². The number of hydrogen-bond donors (Lipinski definition) is 0. The summed E-state index contributed by atoms with van der Waals surface area (Å²) in [5, 5.41) is 10.8. The molecule has 0 radical (unpaired) electrons. The molecule has 1 aromatic carbocycles. The molecular weight excluding hydrogens is 344 g/mol. The fourth-order valence-corrected chi connectivity index (χ4v) is 4.03. The van der Waals surface area contributed by atoms with Crippen LogP contribution in [0, 0.1) is 11.8 Å². The van der Waals surface area contributed by atoms with Gasteiger partial charge in [0.25, 0.3) is 5.16 Å². The van der Waals surface area contributed by atoms with Gasteiger partial charge in [-0.25, -0.2) is 8.42 Å². The normalized spacial score (nSPS) is 14.0. The van der Waals surface area contributed by atoms with Crippen LogP contribution in [0.3, 0.4) is 0 Å². The summed E-state index contributed by atoms with van der Waals surface area (Å²) >= 11 is 0. The molecule has 25 heavy (non-hydrogen) atoms. The van der Waals surface area contributed by atoms with Crippen molar-refractivity contribution >= 4 is 15.8 Å². The molecule has 2 rings (SSSR count). The Bertz CT molecular complexity index is 805. The molecular formula is C16H22N4O4S. The predicted octanol–water partition coefficient (Wildman–Crippen LogP) is 1.66. The lowest BCUT2D eigenvalue weighted by Crippen LogP contribution is -2.19. The van der Waals surface area contributed by atoms with E-state index in [4.69, 9.17) is 4.74 Å². The van der Waals surface area contributed by atoms with E-state index in [-0.39, 0.29) is 28.7 Å². The molecule has 0 aliphatic carbocycles. The zero-order chi connectivity index (χ0) is 18.4. The summed E-state index contributed by atoms with van der Waals surface area (Å²) in [5.41, 5.74) is 0.582. The number of aromatic nitrogens is 4. The van der Waals surface area contributed by atoms with Crippen LogP contribution in [-0.2, 0) is 19.4 Å². The van der Waals surface area contributed by atoms with Gasteiger partial charge in [-0.05, 0) is 41.3 Å². The Balaban J connectivity index is 2.06. The van der Waals surface area contributed by atoms with Crippen molar-refractivity contribution < 1.29 is 17.9 Å². The molecule has 136 valence electrons. The van der Waals surface area contributed by atoms with E-state index in [0.717, 1.165) is 0 Å². The maximum absolute atomic E-state index is 12.6. The Morgan fingerprint density at radius 1 is 1.24 bits per heavy atom. The van der Waals surface area contributed by atoms with Crippen LogP contribution in [0.5, 0.6) is 0 Å². The predicted molar refractivity (Wildman–Crippen MR) is 90.8 cm³/mol. The summed E-state index contributed by atoms with van der Waals surface area (Å²) in [6.07, 6.45) is 0.969. The Labute approximate surface area is 147 Å². The number of para-hydroxylation sites is 1. The summed E-state index contributed by atoms with van der Waals surface area (Å²) in [6, 6.07) is 8.85. The van der Waals surface area contributed by atoms with Crippen molar-refractivity contribution in [2.75, 3.05) is 12.9 Å². The van der Waals surface area contributed by atoms with E-state index < -0.39 is 9.84 Å². The number of rotatable bonds is 8. The second kappa shape index (κ2) is 8.19. The minimum Gasteiger partial charge on any atom is -0.469 e. The molecule has 9 heteroatoms. The molecule has 0 unspecified atom stereocenters. The van der Waals surface area contributed by atoms with Crippen molar-refractivity contribution in [1.82, 2.24) is 20.2 Å². The largest absolute Gasteiger partial charge is 0.469 e. The molecule has 0 aliphatic rings. The molecule has 0 bridgehead atoms. The van der Waals surface area contributed by atoms with Crippen molar-refractivity contribution in [1.29, 1.82) is 0 Å². The molecule has 2 aromatic rings. The summed E-state index contributed by atoms with van der Waals surface area (Å²) in [6.45, 7) is 3.68. The summed E-state index contributed by atoms with van der Waals surface area (Å²) in [4.78, 5) is 11.5. The molecule has 8 nitrogen and oxygen atoms in total. The SMILES string of the molecule is COC(=O)[C@H](C)C[C@H](C)CCS(=O)(=O)c1nnnn1-c1ccccc1. The van der Waals surface area contributed by atoms with Gasteiger partial charge in [0.15, 0.2) is 0 Å². The number of benzene rings is 1. The quantitative estimate of drug-likeness (QED) is 0.654. The molecule has 0 N–H and O–H groups in total. The van der Waals surface area contributed by atoms with E-state index in [0.29, 0.717) is 18.5 Å². The number of nitrogens with zero attached hydrogens (tertiary/aromatic N) is 4. The number of methoxy groups -OCH3 is 1. The Morgan fingerprint density at radius 3 is 2.56 bits per heavy atom. The maximum atomic E-state index is 12.6. The number of hydrogen-bond acceptors (Lipinski definition) is 7. The Morgan fingerprint density at radius 2 is 1.92 bits per heavy atom. The fraction of sp³-hybridized carbons (Fsp3) is 0.500. The first-order valence-corrected chi connectivity index (χ1v) is 9.64. The zero-order valence-corrected chi connectivity index (χ0v) is 15.3. The van der Waals surface area contributed by atoms with E-state index in [1.165, 1.54) is 11.8 Å². The number of sulfone groups is 1. The van der Waals surface area contributed by atoms with Crippen LogP contribution in [0.1, 0.15) is 26.7 Å². The van der Waals surface area contributed by atoms with Crippen molar-refractivity contribution in [3.8, 4) is 5.69 Å².